The first-order valence-electron chi connectivity index (χ1n) is 7.05. The number of nitrogens with zero attached hydrogens (tertiary/aromatic N) is 2. The quantitative estimate of drug-likeness (QED) is 0.850. The number of rotatable bonds is 7. The van der Waals surface area contributed by atoms with Gasteiger partial charge < -0.3 is 5.11 Å². The van der Waals surface area contributed by atoms with E-state index in [0.29, 0.717) is 6.54 Å². The van der Waals surface area contributed by atoms with Crippen LogP contribution in [0.3, 0.4) is 0 Å². The number of hydrogen-bond donors (Lipinski definition) is 1. The van der Waals surface area contributed by atoms with Gasteiger partial charge in [0, 0.05) is 23.5 Å². The maximum absolute atomic E-state index is 10.8. The van der Waals surface area contributed by atoms with Crippen molar-refractivity contribution in [2.45, 2.75) is 32.9 Å². The fraction of sp³-hybridized carbons (Fsp3) is 0.375. The molecule has 2 aromatic rings. The fourth-order valence-corrected chi connectivity index (χ4v) is 3.08. The third-order valence-electron chi connectivity index (χ3n) is 3.44. The van der Waals surface area contributed by atoms with E-state index in [0.717, 1.165) is 22.8 Å². The number of aliphatic carboxylic acids is 1. The van der Waals surface area contributed by atoms with E-state index in [-0.39, 0.29) is 12.5 Å². The molecule has 1 unspecified atom stereocenters. The van der Waals surface area contributed by atoms with Crippen LogP contribution in [0.25, 0.3) is 10.6 Å². The molecule has 1 atom stereocenters. The SMILES string of the molecule is CCN(Cc1csc(-c2ccccc2)n1)C(C)CC(=O)O. The van der Waals surface area contributed by atoms with Gasteiger partial charge in [-0.1, -0.05) is 37.3 Å². The molecule has 0 bridgehead atoms. The Labute approximate surface area is 129 Å². The summed E-state index contributed by atoms with van der Waals surface area (Å²) in [4.78, 5) is 17.6. The lowest BCUT2D eigenvalue weighted by Gasteiger charge is -2.25. The topological polar surface area (TPSA) is 53.4 Å². The summed E-state index contributed by atoms with van der Waals surface area (Å²) >= 11 is 1.63. The van der Waals surface area contributed by atoms with Gasteiger partial charge in [-0.05, 0) is 13.5 Å². The Morgan fingerprint density at radius 3 is 2.71 bits per heavy atom. The Kier molecular flexibility index (Phi) is 5.47. The molecular weight excluding hydrogens is 284 g/mol. The van der Waals surface area contributed by atoms with E-state index in [1.54, 1.807) is 11.3 Å². The number of carbonyl (C=O) groups is 1. The zero-order chi connectivity index (χ0) is 15.2. The van der Waals surface area contributed by atoms with Gasteiger partial charge in [-0.3, -0.25) is 9.69 Å². The Bertz CT molecular complexity index is 583. The molecule has 5 heteroatoms. The number of carboxylic acid groups (broad SMARTS) is 1. The predicted molar refractivity (Wildman–Crippen MR) is 85.3 cm³/mol. The minimum Gasteiger partial charge on any atom is -0.481 e. The summed E-state index contributed by atoms with van der Waals surface area (Å²) in [6.45, 7) is 5.49. The van der Waals surface area contributed by atoms with Crippen molar-refractivity contribution < 1.29 is 9.90 Å². The second kappa shape index (κ2) is 7.33. The molecule has 0 spiro atoms. The van der Waals surface area contributed by atoms with E-state index < -0.39 is 5.97 Å². The highest BCUT2D eigenvalue weighted by molar-refractivity contribution is 7.13. The van der Waals surface area contributed by atoms with Crippen LogP contribution in [-0.4, -0.2) is 33.5 Å². The van der Waals surface area contributed by atoms with Crippen LogP contribution in [0.2, 0.25) is 0 Å². The van der Waals surface area contributed by atoms with E-state index in [1.807, 2.05) is 44.2 Å². The molecule has 0 fully saturated rings. The van der Waals surface area contributed by atoms with Gasteiger partial charge in [-0.25, -0.2) is 4.98 Å². The van der Waals surface area contributed by atoms with Gasteiger partial charge in [-0.2, -0.15) is 0 Å². The first kappa shape index (κ1) is 15.7. The minimum atomic E-state index is -0.760. The van der Waals surface area contributed by atoms with Gasteiger partial charge in [-0.15, -0.1) is 11.3 Å². The summed E-state index contributed by atoms with van der Waals surface area (Å²) in [5.74, 6) is -0.760. The van der Waals surface area contributed by atoms with Gasteiger partial charge in [0.1, 0.15) is 5.01 Å². The molecule has 0 amide bonds. The van der Waals surface area contributed by atoms with Crippen molar-refractivity contribution in [1.82, 2.24) is 9.88 Å². The molecule has 1 aromatic heterocycles. The van der Waals surface area contributed by atoms with E-state index in [9.17, 15) is 4.79 Å². The maximum Gasteiger partial charge on any atom is 0.304 e. The minimum absolute atomic E-state index is 0.00868. The molecule has 0 aliphatic rings. The number of benzene rings is 1. The molecule has 0 aliphatic heterocycles. The predicted octanol–water partition coefficient (Wildman–Crippen LogP) is 3.50. The fourth-order valence-electron chi connectivity index (χ4n) is 2.26. The average molecular weight is 304 g/mol. The van der Waals surface area contributed by atoms with Crippen LogP contribution in [0, 0.1) is 0 Å². The molecule has 1 N–H and O–H groups in total. The molecule has 0 aliphatic carbocycles. The van der Waals surface area contributed by atoms with Crippen LogP contribution in [0.15, 0.2) is 35.7 Å². The zero-order valence-corrected chi connectivity index (χ0v) is 13.1. The van der Waals surface area contributed by atoms with E-state index in [1.165, 1.54) is 0 Å². The molecule has 0 saturated carbocycles. The summed E-state index contributed by atoms with van der Waals surface area (Å²) in [6.07, 6.45) is 0.156. The smallest absolute Gasteiger partial charge is 0.304 e. The van der Waals surface area contributed by atoms with Crippen LogP contribution in [0.5, 0.6) is 0 Å². The summed E-state index contributed by atoms with van der Waals surface area (Å²) < 4.78 is 0. The van der Waals surface area contributed by atoms with Crippen LogP contribution < -0.4 is 0 Å². The number of carboxylic acids is 1. The monoisotopic (exact) mass is 304 g/mol. The van der Waals surface area contributed by atoms with E-state index in [4.69, 9.17) is 5.11 Å². The van der Waals surface area contributed by atoms with Crippen molar-refractivity contribution in [2.24, 2.45) is 0 Å². The van der Waals surface area contributed by atoms with E-state index >= 15 is 0 Å². The summed E-state index contributed by atoms with van der Waals surface area (Å²) in [5, 5.41) is 12.0. The van der Waals surface area contributed by atoms with Crippen LogP contribution >= 0.6 is 11.3 Å². The Balaban J connectivity index is 2.05. The molecule has 0 radical (unpaired) electrons. The first-order chi connectivity index (χ1) is 10.1. The lowest BCUT2D eigenvalue weighted by molar-refractivity contribution is -0.138. The van der Waals surface area contributed by atoms with Gasteiger partial charge in [0.2, 0.25) is 0 Å². The zero-order valence-electron chi connectivity index (χ0n) is 12.3. The van der Waals surface area contributed by atoms with Crippen LogP contribution in [-0.2, 0) is 11.3 Å². The van der Waals surface area contributed by atoms with Crippen molar-refractivity contribution >= 4 is 17.3 Å². The van der Waals surface area contributed by atoms with Gasteiger partial charge in [0.05, 0.1) is 12.1 Å². The maximum atomic E-state index is 10.8. The third kappa shape index (κ3) is 4.37. The van der Waals surface area contributed by atoms with Gasteiger partial charge in [0.15, 0.2) is 0 Å². The lowest BCUT2D eigenvalue weighted by Crippen LogP contribution is -2.34. The summed E-state index contributed by atoms with van der Waals surface area (Å²) in [7, 11) is 0. The van der Waals surface area contributed by atoms with Crippen molar-refractivity contribution in [3.63, 3.8) is 0 Å². The largest absolute Gasteiger partial charge is 0.481 e. The Morgan fingerprint density at radius 2 is 2.10 bits per heavy atom. The lowest BCUT2D eigenvalue weighted by atomic mass is 10.2. The normalized spacial score (nSPS) is 12.5. The third-order valence-corrected chi connectivity index (χ3v) is 4.38. The highest BCUT2D eigenvalue weighted by Crippen LogP contribution is 2.24. The molecule has 1 aromatic carbocycles. The second-order valence-electron chi connectivity index (χ2n) is 5.02. The Morgan fingerprint density at radius 1 is 1.38 bits per heavy atom. The molecule has 2 rings (SSSR count). The Hall–Kier alpha value is -1.72. The molecular formula is C16H20N2O2S. The summed E-state index contributed by atoms with van der Waals surface area (Å²) in [6, 6.07) is 10.1. The number of thiazole rings is 1. The van der Waals surface area contributed by atoms with Crippen molar-refractivity contribution in [3.8, 4) is 10.6 Å². The van der Waals surface area contributed by atoms with Gasteiger partial charge in [0.25, 0.3) is 0 Å². The van der Waals surface area contributed by atoms with Gasteiger partial charge >= 0.3 is 5.97 Å². The number of aromatic nitrogens is 1. The van der Waals surface area contributed by atoms with Crippen LogP contribution in [0.4, 0.5) is 0 Å². The second-order valence-corrected chi connectivity index (χ2v) is 5.88. The number of hydrogen-bond acceptors (Lipinski definition) is 4. The van der Waals surface area contributed by atoms with Crippen molar-refractivity contribution in [3.05, 3.63) is 41.4 Å². The molecule has 112 valence electrons. The first-order valence-corrected chi connectivity index (χ1v) is 7.93. The highest BCUT2D eigenvalue weighted by Gasteiger charge is 2.17. The van der Waals surface area contributed by atoms with Crippen LogP contribution in [0.1, 0.15) is 26.0 Å². The standard InChI is InChI=1S/C16H20N2O2S/c1-3-18(12(2)9-15(19)20)10-14-11-21-16(17-14)13-7-5-4-6-8-13/h4-8,11-12H,3,9-10H2,1-2H3,(H,19,20). The molecule has 0 saturated heterocycles. The average Bonchev–Trinajstić information content (AvgIpc) is 2.93. The molecule has 21 heavy (non-hydrogen) atoms. The summed E-state index contributed by atoms with van der Waals surface area (Å²) in [5.41, 5.74) is 2.12. The van der Waals surface area contributed by atoms with Crippen molar-refractivity contribution in [1.29, 1.82) is 0 Å². The highest BCUT2D eigenvalue weighted by atomic mass is 32.1. The molecule has 4 nitrogen and oxygen atoms in total. The van der Waals surface area contributed by atoms with E-state index in [2.05, 4.69) is 15.3 Å². The molecule has 1 heterocycles. The van der Waals surface area contributed by atoms with Crippen molar-refractivity contribution in [2.75, 3.05) is 6.54 Å².